The van der Waals surface area contributed by atoms with E-state index in [2.05, 4.69) is 15.9 Å². The van der Waals surface area contributed by atoms with Crippen LogP contribution in [0.25, 0.3) is 0 Å². The first-order chi connectivity index (χ1) is 8.87. The number of hydrogen-bond donors (Lipinski definition) is 1. The van der Waals surface area contributed by atoms with Gasteiger partial charge >= 0.3 is 5.97 Å². The second-order valence-electron chi connectivity index (χ2n) is 4.78. The Morgan fingerprint density at radius 3 is 2.84 bits per heavy atom. The predicted molar refractivity (Wildman–Crippen MR) is 70.6 cm³/mol. The van der Waals surface area contributed by atoms with E-state index in [1.165, 1.54) is 6.07 Å². The Balaban J connectivity index is 2.18. The molecule has 0 amide bonds. The summed E-state index contributed by atoms with van der Waals surface area (Å²) in [4.78, 5) is 12.7. The molecule has 1 aromatic carbocycles. The lowest BCUT2D eigenvalue weighted by Gasteiger charge is -2.32. The molecule has 0 bridgehead atoms. The van der Waals surface area contributed by atoms with Gasteiger partial charge in [-0.2, -0.15) is 0 Å². The molecule has 6 heteroatoms. The van der Waals surface area contributed by atoms with Gasteiger partial charge in [-0.15, -0.1) is 0 Å². The smallest absolute Gasteiger partial charge is 0.336 e. The maximum absolute atomic E-state index is 13.3. The molecule has 104 valence electrons. The molecule has 19 heavy (non-hydrogen) atoms. The van der Waals surface area contributed by atoms with Gasteiger partial charge in [0.15, 0.2) is 0 Å². The number of halogens is 3. The van der Waals surface area contributed by atoms with Gasteiger partial charge in [0.05, 0.1) is 12.1 Å². The third-order valence-electron chi connectivity index (χ3n) is 3.16. The summed E-state index contributed by atoms with van der Waals surface area (Å²) in [6.45, 7) is 0.496. The number of alkyl halides is 2. The molecule has 0 radical (unpaired) electrons. The van der Waals surface area contributed by atoms with Crippen LogP contribution in [0.15, 0.2) is 22.7 Å². The first-order valence-electron chi connectivity index (χ1n) is 5.99. The van der Waals surface area contributed by atoms with Crippen molar-refractivity contribution in [2.75, 3.05) is 13.1 Å². The molecule has 1 aromatic rings. The van der Waals surface area contributed by atoms with Crippen LogP contribution in [0.4, 0.5) is 8.78 Å². The summed E-state index contributed by atoms with van der Waals surface area (Å²) in [5.41, 5.74) is 0.719. The number of carboxylic acids is 1. The molecule has 1 aliphatic heterocycles. The van der Waals surface area contributed by atoms with Gasteiger partial charge in [-0.3, -0.25) is 4.90 Å². The van der Waals surface area contributed by atoms with Crippen molar-refractivity contribution in [3.63, 3.8) is 0 Å². The molecule has 0 aromatic heterocycles. The van der Waals surface area contributed by atoms with Crippen LogP contribution in [-0.2, 0) is 6.54 Å². The zero-order valence-electron chi connectivity index (χ0n) is 10.2. The van der Waals surface area contributed by atoms with E-state index < -0.39 is 11.9 Å². The fraction of sp³-hybridized carbons (Fsp3) is 0.462. The summed E-state index contributed by atoms with van der Waals surface area (Å²) in [6, 6.07) is 4.80. The minimum Gasteiger partial charge on any atom is -0.478 e. The molecule has 0 unspecified atom stereocenters. The average Bonchev–Trinajstić information content (AvgIpc) is 2.27. The first kappa shape index (κ1) is 14.4. The van der Waals surface area contributed by atoms with Crippen molar-refractivity contribution >= 4 is 21.9 Å². The Hall–Kier alpha value is -1.01. The van der Waals surface area contributed by atoms with Crippen LogP contribution in [-0.4, -0.2) is 35.0 Å². The number of nitrogens with zero attached hydrogens (tertiary/aromatic N) is 1. The molecule has 1 aliphatic rings. The average molecular weight is 334 g/mol. The van der Waals surface area contributed by atoms with Crippen molar-refractivity contribution in [2.24, 2.45) is 0 Å². The Labute approximate surface area is 118 Å². The molecule has 1 fully saturated rings. The molecule has 0 aliphatic carbocycles. The minimum atomic E-state index is -2.67. The molecule has 1 saturated heterocycles. The Kier molecular flexibility index (Phi) is 4.20. The van der Waals surface area contributed by atoms with E-state index in [0.717, 1.165) is 4.47 Å². The number of carboxylic acid groups (broad SMARTS) is 1. The van der Waals surface area contributed by atoms with Gasteiger partial charge in [-0.1, -0.05) is 15.9 Å². The molecule has 0 atom stereocenters. The highest BCUT2D eigenvalue weighted by molar-refractivity contribution is 9.10. The number of piperidine rings is 1. The monoisotopic (exact) mass is 333 g/mol. The van der Waals surface area contributed by atoms with Crippen LogP contribution in [0.1, 0.15) is 28.8 Å². The number of benzene rings is 1. The molecule has 0 spiro atoms. The fourth-order valence-electron chi connectivity index (χ4n) is 2.32. The van der Waals surface area contributed by atoms with Gasteiger partial charge < -0.3 is 5.11 Å². The van der Waals surface area contributed by atoms with Crippen LogP contribution in [0, 0.1) is 0 Å². The molecule has 1 N–H and O–H groups in total. The first-order valence-corrected chi connectivity index (χ1v) is 6.79. The predicted octanol–water partition coefficient (Wildman–Crippen LogP) is 3.38. The van der Waals surface area contributed by atoms with E-state index in [0.29, 0.717) is 18.5 Å². The largest absolute Gasteiger partial charge is 0.478 e. The molecular weight excluding hydrogens is 320 g/mol. The highest BCUT2D eigenvalue weighted by atomic mass is 79.9. The van der Waals surface area contributed by atoms with Gasteiger partial charge in [0.1, 0.15) is 0 Å². The van der Waals surface area contributed by atoms with Gasteiger partial charge in [-0.05, 0) is 36.7 Å². The topological polar surface area (TPSA) is 40.5 Å². The van der Waals surface area contributed by atoms with E-state index in [1.807, 2.05) is 0 Å². The van der Waals surface area contributed by atoms with E-state index >= 15 is 0 Å². The lowest BCUT2D eigenvalue weighted by Crippen LogP contribution is -2.42. The molecule has 2 rings (SSSR count). The SMILES string of the molecule is O=C(O)c1ccc(Br)cc1CN1CCCC(F)(F)C1. The van der Waals surface area contributed by atoms with Crippen LogP contribution in [0.2, 0.25) is 0 Å². The lowest BCUT2D eigenvalue weighted by atomic mass is 10.0. The van der Waals surface area contributed by atoms with E-state index in [1.54, 1.807) is 17.0 Å². The summed E-state index contributed by atoms with van der Waals surface area (Å²) in [6.07, 6.45) is 0.344. The maximum atomic E-state index is 13.3. The number of hydrogen-bond acceptors (Lipinski definition) is 2. The Bertz CT molecular complexity index is 494. The third-order valence-corrected chi connectivity index (χ3v) is 3.66. The van der Waals surface area contributed by atoms with Crippen molar-refractivity contribution in [3.8, 4) is 0 Å². The van der Waals surface area contributed by atoms with E-state index in [4.69, 9.17) is 5.11 Å². The number of rotatable bonds is 3. The number of likely N-dealkylation sites (tertiary alicyclic amines) is 1. The van der Waals surface area contributed by atoms with Gasteiger partial charge in [0.25, 0.3) is 5.92 Å². The summed E-state index contributed by atoms with van der Waals surface area (Å²) < 4.78 is 27.4. The summed E-state index contributed by atoms with van der Waals surface area (Å²) >= 11 is 3.27. The van der Waals surface area contributed by atoms with Crippen LogP contribution in [0.5, 0.6) is 0 Å². The Morgan fingerprint density at radius 1 is 1.47 bits per heavy atom. The summed E-state index contributed by atoms with van der Waals surface area (Å²) in [7, 11) is 0. The second kappa shape index (κ2) is 5.54. The van der Waals surface area contributed by atoms with E-state index in [9.17, 15) is 13.6 Å². The summed E-state index contributed by atoms with van der Waals surface area (Å²) in [5.74, 6) is -3.71. The third kappa shape index (κ3) is 3.73. The van der Waals surface area contributed by atoms with Crippen molar-refractivity contribution in [3.05, 3.63) is 33.8 Å². The zero-order chi connectivity index (χ0) is 14.0. The van der Waals surface area contributed by atoms with Gasteiger partial charge in [0, 0.05) is 17.4 Å². The normalized spacial score (nSPS) is 19.3. The van der Waals surface area contributed by atoms with E-state index in [-0.39, 0.29) is 25.1 Å². The lowest BCUT2D eigenvalue weighted by molar-refractivity contribution is -0.0661. The van der Waals surface area contributed by atoms with Crippen molar-refractivity contribution < 1.29 is 18.7 Å². The highest BCUT2D eigenvalue weighted by Gasteiger charge is 2.35. The zero-order valence-corrected chi connectivity index (χ0v) is 11.8. The standard InChI is InChI=1S/C13H14BrF2NO2/c14-10-2-3-11(12(18)19)9(6-10)7-17-5-1-4-13(15,16)8-17/h2-3,6H,1,4-5,7-8H2,(H,18,19). The number of carbonyl (C=O) groups is 1. The van der Waals surface area contributed by atoms with Crippen LogP contribution in [0.3, 0.4) is 0 Å². The van der Waals surface area contributed by atoms with Crippen LogP contribution >= 0.6 is 15.9 Å². The maximum Gasteiger partial charge on any atom is 0.336 e. The minimum absolute atomic E-state index is 0.0895. The molecule has 1 heterocycles. The van der Waals surface area contributed by atoms with Gasteiger partial charge in [-0.25, -0.2) is 13.6 Å². The van der Waals surface area contributed by atoms with Crippen LogP contribution < -0.4 is 0 Å². The van der Waals surface area contributed by atoms with Crippen molar-refractivity contribution in [1.29, 1.82) is 0 Å². The van der Waals surface area contributed by atoms with Gasteiger partial charge in [0.2, 0.25) is 0 Å². The molecular formula is C13H14BrF2NO2. The fourth-order valence-corrected chi connectivity index (χ4v) is 2.73. The van der Waals surface area contributed by atoms with Crippen molar-refractivity contribution in [2.45, 2.75) is 25.3 Å². The highest BCUT2D eigenvalue weighted by Crippen LogP contribution is 2.28. The number of aromatic carboxylic acids is 1. The quantitative estimate of drug-likeness (QED) is 0.921. The van der Waals surface area contributed by atoms with Crippen molar-refractivity contribution in [1.82, 2.24) is 4.90 Å². The molecule has 3 nitrogen and oxygen atoms in total. The Morgan fingerprint density at radius 2 is 2.21 bits per heavy atom. The summed E-state index contributed by atoms with van der Waals surface area (Å²) in [5, 5.41) is 9.11. The molecule has 0 saturated carbocycles. The second-order valence-corrected chi connectivity index (χ2v) is 5.69.